The van der Waals surface area contributed by atoms with Gasteiger partial charge < -0.3 is 0 Å². The van der Waals surface area contributed by atoms with E-state index >= 15 is 0 Å². The van der Waals surface area contributed by atoms with Crippen molar-refractivity contribution >= 4 is 0 Å². The first-order valence-corrected chi connectivity index (χ1v) is 8.90. The zero-order valence-electron chi connectivity index (χ0n) is 15.1. The van der Waals surface area contributed by atoms with Crippen molar-refractivity contribution in [3.05, 3.63) is 102 Å². The van der Waals surface area contributed by atoms with Gasteiger partial charge in [-0.3, -0.25) is 4.98 Å². The van der Waals surface area contributed by atoms with Crippen molar-refractivity contribution in [3.63, 3.8) is 0 Å². The second-order valence-electron chi connectivity index (χ2n) is 6.71. The highest BCUT2D eigenvalue weighted by Crippen LogP contribution is 2.35. The molecule has 0 aliphatic carbocycles. The summed E-state index contributed by atoms with van der Waals surface area (Å²) in [6.45, 7) is 4.24. The first-order chi connectivity index (χ1) is 12.7. The molecule has 0 saturated heterocycles. The summed E-state index contributed by atoms with van der Waals surface area (Å²) in [5, 5.41) is 0. The Labute approximate surface area is 155 Å². The van der Waals surface area contributed by atoms with Crippen molar-refractivity contribution in [2.45, 2.75) is 13.8 Å². The molecule has 0 radical (unpaired) electrons. The van der Waals surface area contributed by atoms with Gasteiger partial charge in [-0.15, -0.1) is 0 Å². The maximum Gasteiger partial charge on any atom is 0.0704 e. The zero-order chi connectivity index (χ0) is 17.9. The van der Waals surface area contributed by atoms with Crippen LogP contribution in [0, 0.1) is 13.8 Å². The van der Waals surface area contributed by atoms with Gasteiger partial charge in [-0.1, -0.05) is 72.3 Å². The molecule has 4 rings (SSSR count). The fraction of sp³-hybridized carbons (Fsp3) is 0.0800. The number of aromatic nitrogens is 1. The Bertz CT molecular complexity index is 1050. The van der Waals surface area contributed by atoms with Crippen LogP contribution in [-0.2, 0) is 0 Å². The third-order valence-electron chi connectivity index (χ3n) is 4.64. The Balaban J connectivity index is 1.92. The van der Waals surface area contributed by atoms with Crippen LogP contribution in [0.2, 0.25) is 0 Å². The van der Waals surface area contributed by atoms with Gasteiger partial charge in [-0.25, -0.2) is 0 Å². The minimum Gasteiger partial charge on any atom is -0.256 e. The molecule has 0 unspecified atom stereocenters. The van der Waals surface area contributed by atoms with Crippen molar-refractivity contribution in [2.24, 2.45) is 0 Å². The van der Waals surface area contributed by atoms with E-state index in [0.717, 1.165) is 11.3 Å². The number of aryl methyl sites for hydroxylation is 2. The van der Waals surface area contributed by atoms with E-state index in [-0.39, 0.29) is 0 Å². The van der Waals surface area contributed by atoms with Gasteiger partial charge in [0.1, 0.15) is 0 Å². The number of hydrogen-bond donors (Lipinski definition) is 0. The van der Waals surface area contributed by atoms with Gasteiger partial charge in [0.25, 0.3) is 0 Å². The normalized spacial score (nSPS) is 10.7. The Morgan fingerprint density at radius 3 is 2.08 bits per heavy atom. The predicted molar refractivity (Wildman–Crippen MR) is 110 cm³/mol. The average molecular weight is 335 g/mol. The first-order valence-electron chi connectivity index (χ1n) is 8.90. The van der Waals surface area contributed by atoms with Crippen LogP contribution in [0.15, 0.2) is 91.1 Å². The molecule has 1 aromatic heterocycles. The number of hydrogen-bond acceptors (Lipinski definition) is 1. The fourth-order valence-corrected chi connectivity index (χ4v) is 3.32. The monoisotopic (exact) mass is 335 g/mol. The zero-order valence-corrected chi connectivity index (χ0v) is 15.1. The van der Waals surface area contributed by atoms with Crippen molar-refractivity contribution in [1.82, 2.24) is 4.98 Å². The van der Waals surface area contributed by atoms with Crippen LogP contribution in [0.4, 0.5) is 0 Å². The Morgan fingerprint density at radius 1 is 0.538 bits per heavy atom. The Hall–Kier alpha value is -3.19. The third-order valence-corrected chi connectivity index (χ3v) is 4.64. The van der Waals surface area contributed by atoms with Crippen LogP contribution in [-0.4, -0.2) is 4.98 Å². The smallest absolute Gasteiger partial charge is 0.0704 e. The molecule has 0 spiro atoms. The van der Waals surface area contributed by atoms with Gasteiger partial charge in [-0.2, -0.15) is 0 Å². The molecule has 0 amide bonds. The van der Waals surface area contributed by atoms with Crippen molar-refractivity contribution in [3.8, 4) is 33.5 Å². The maximum absolute atomic E-state index is 4.56. The number of pyridine rings is 1. The summed E-state index contributed by atoms with van der Waals surface area (Å²) in [6, 6.07) is 30.1. The lowest BCUT2D eigenvalue weighted by atomic mass is 9.91. The van der Waals surface area contributed by atoms with E-state index < -0.39 is 0 Å². The highest BCUT2D eigenvalue weighted by Gasteiger charge is 2.10. The molecule has 0 aliphatic rings. The molecule has 0 atom stereocenters. The van der Waals surface area contributed by atoms with E-state index in [1.165, 1.54) is 33.4 Å². The van der Waals surface area contributed by atoms with Gasteiger partial charge in [0.15, 0.2) is 0 Å². The van der Waals surface area contributed by atoms with E-state index in [2.05, 4.69) is 97.7 Å². The van der Waals surface area contributed by atoms with Gasteiger partial charge in [0.2, 0.25) is 0 Å². The molecular weight excluding hydrogens is 314 g/mol. The molecule has 0 bridgehead atoms. The van der Waals surface area contributed by atoms with Gasteiger partial charge in [0.05, 0.1) is 5.69 Å². The summed E-state index contributed by atoms with van der Waals surface area (Å²) in [5.74, 6) is 0. The Kier molecular flexibility index (Phi) is 4.37. The van der Waals surface area contributed by atoms with Crippen LogP contribution in [0.1, 0.15) is 11.1 Å². The SMILES string of the molecule is Cc1cccc(-c2ccc(-c3cc(C)ccn3)cc2-c2ccccc2)c1. The van der Waals surface area contributed by atoms with Gasteiger partial charge in [0, 0.05) is 11.8 Å². The molecule has 1 nitrogen and oxygen atoms in total. The number of nitrogens with zero attached hydrogens (tertiary/aromatic N) is 1. The number of rotatable bonds is 3. The standard InChI is InChI=1S/C25H21N/c1-18-7-6-10-21(15-18)23-12-11-22(25-16-19(2)13-14-26-25)17-24(23)20-8-4-3-5-9-20/h3-17H,1-2H3. The Morgan fingerprint density at radius 2 is 1.31 bits per heavy atom. The molecule has 4 aromatic rings. The van der Waals surface area contributed by atoms with Crippen LogP contribution in [0.3, 0.4) is 0 Å². The van der Waals surface area contributed by atoms with Crippen LogP contribution >= 0.6 is 0 Å². The highest BCUT2D eigenvalue weighted by atomic mass is 14.7. The maximum atomic E-state index is 4.56. The van der Waals surface area contributed by atoms with E-state index in [4.69, 9.17) is 0 Å². The molecule has 0 N–H and O–H groups in total. The van der Waals surface area contributed by atoms with Gasteiger partial charge in [-0.05, 0) is 59.9 Å². The average Bonchev–Trinajstić information content (AvgIpc) is 2.68. The van der Waals surface area contributed by atoms with E-state index in [9.17, 15) is 0 Å². The summed E-state index contributed by atoms with van der Waals surface area (Å²) < 4.78 is 0. The molecule has 0 aliphatic heterocycles. The fourth-order valence-electron chi connectivity index (χ4n) is 3.32. The molecule has 1 heterocycles. The van der Waals surface area contributed by atoms with E-state index in [0.29, 0.717) is 0 Å². The molecule has 26 heavy (non-hydrogen) atoms. The second-order valence-corrected chi connectivity index (χ2v) is 6.71. The number of benzene rings is 3. The molecule has 0 saturated carbocycles. The topological polar surface area (TPSA) is 12.9 Å². The summed E-state index contributed by atoms with van der Waals surface area (Å²) in [5.41, 5.74) is 9.59. The highest BCUT2D eigenvalue weighted by molar-refractivity contribution is 5.86. The van der Waals surface area contributed by atoms with Crippen molar-refractivity contribution in [2.75, 3.05) is 0 Å². The minimum atomic E-state index is 1.01. The molecule has 1 heteroatoms. The lowest BCUT2D eigenvalue weighted by Gasteiger charge is -2.13. The minimum absolute atomic E-state index is 1.01. The first kappa shape index (κ1) is 16.3. The molecule has 3 aromatic carbocycles. The molecular formula is C25H21N. The summed E-state index contributed by atoms with van der Waals surface area (Å²) in [4.78, 5) is 4.56. The predicted octanol–water partition coefficient (Wildman–Crippen LogP) is 6.70. The van der Waals surface area contributed by atoms with Crippen LogP contribution in [0.25, 0.3) is 33.5 Å². The molecule has 126 valence electrons. The van der Waals surface area contributed by atoms with Crippen molar-refractivity contribution in [1.29, 1.82) is 0 Å². The summed E-state index contributed by atoms with van der Waals surface area (Å²) in [6.07, 6.45) is 1.88. The lowest BCUT2D eigenvalue weighted by Crippen LogP contribution is -1.90. The van der Waals surface area contributed by atoms with Crippen molar-refractivity contribution < 1.29 is 0 Å². The van der Waals surface area contributed by atoms with Crippen LogP contribution in [0.5, 0.6) is 0 Å². The lowest BCUT2D eigenvalue weighted by molar-refractivity contribution is 1.29. The summed E-state index contributed by atoms with van der Waals surface area (Å²) >= 11 is 0. The van der Waals surface area contributed by atoms with E-state index in [1.54, 1.807) is 0 Å². The van der Waals surface area contributed by atoms with E-state index in [1.807, 2.05) is 12.3 Å². The quantitative estimate of drug-likeness (QED) is 0.406. The second kappa shape index (κ2) is 6.97. The summed E-state index contributed by atoms with van der Waals surface area (Å²) in [7, 11) is 0. The van der Waals surface area contributed by atoms with Gasteiger partial charge >= 0.3 is 0 Å². The molecule has 0 fully saturated rings. The van der Waals surface area contributed by atoms with Crippen LogP contribution < -0.4 is 0 Å². The largest absolute Gasteiger partial charge is 0.256 e. The third kappa shape index (κ3) is 3.29.